The Morgan fingerprint density at radius 1 is 1.28 bits per heavy atom. The minimum Gasteiger partial charge on any atom is -0.497 e. The minimum absolute atomic E-state index is 0.0138. The lowest BCUT2D eigenvalue weighted by molar-refractivity contribution is -0.130. The number of piperidine rings is 1. The molecule has 0 unspecified atom stereocenters. The molecule has 154 valence electrons. The molecule has 3 heterocycles. The fourth-order valence-corrected chi connectivity index (χ4v) is 4.35. The molecule has 0 aliphatic carbocycles. The van der Waals surface area contributed by atoms with E-state index in [1.54, 1.807) is 14.0 Å². The van der Waals surface area contributed by atoms with Crippen LogP contribution < -0.4 is 9.47 Å². The van der Waals surface area contributed by atoms with Crippen molar-refractivity contribution < 1.29 is 14.3 Å². The quantitative estimate of drug-likeness (QED) is 0.796. The minimum atomic E-state index is -0.0138. The number of hydrogen-bond donors (Lipinski definition) is 0. The number of carbonyl (C=O) groups excluding carboxylic acids is 1. The highest BCUT2D eigenvalue weighted by atomic mass is 16.5. The van der Waals surface area contributed by atoms with E-state index in [0.29, 0.717) is 19.0 Å². The van der Waals surface area contributed by atoms with Gasteiger partial charge in [-0.2, -0.15) is 0 Å². The molecule has 1 amide bonds. The topological polar surface area (TPSA) is 54.9 Å². The van der Waals surface area contributed by atoms with E-state index >= 15 is 0 Å². The number of amides is 1. The zero-order chi connectivity index (χ0) is 20.2. The lowest BCUT2D eigenvalue weighted by Gasteiger charge is -2.37. The normalized spacial score (nSPS) is 22.3. The van der Waals surface area contributed by atoms with Gasteiger partial charge in [-0.3, -0.25) is 14.7 Å². The monoisotopic (exact) mass is 395 g/mol. The SMILES string of the molecule is COc1ccc2c(c1)CN(C(C)=O)C[C@H]([C@@H]1CCCN(Cc3ccccn3)C1)O2. The third kappa shape index (κ3) is 4.70. The summed E-state index contributed by atoms with van der Waals surface area (Å²) in [4.78, 5) is 21.1. The van der Waals surface area contributed by atoms with Crippen LogP contribution in [0.2, 0.25) is 0 Å². The largest absolute Gasteiger partial charge is 0.497 e. The molecule has 2 aromatic rings. The Kier molecular flexibility index (Phi) is 6.00. The van der Waals surface area contributed by atoms with Crippen LogP contribution in [0.5, 0.6) is 11.5 Å². The summed E-state index contributed by atoms with van der Waals surface area (Å²) in [5.74, 6) is 2.10. The number of carbonyl (C=O) groups is 1. The number of nitrogens with zero attached hydrogens (tertiary/aromatic N) is 3. The number of methoxy groups -OCH3 is 1. The Bertz CT molecular complexity index is 843. The fourth-order valence-electron chi connectivity index (χ4n) is 4.35. The van der Waals surface area contributed by atoms with Crippen molar-refractivity contribution in [1.29, 1.82) is 0 Å². The summed E-state index contributed by atoms with van der Waals surface area (Å²) in [6, 6.07) is 11.9. The van der Waals surface area contributed by atoms with Crippen LogP contribution in [0.15, 0.2) is 42.6 Å². The maximum absolute atomic E-state index is 12.3. The Hall–Kier alpha value is -2.60. The summed E-state index contributed by atoms with van der Waals surface area (Å²) in [6.45, 7) is 5.70. The zero-order valence-corrected chi connectivity index (χ0v) is 17.2. The van der Waals surface area contributed by atoms with Gasteiger partial charge in [-0.05, 0) is 49.7 Å². The first-order chi connectivity index (χ1) is 14.1. The average Bonchev–Trinajstić information content (AvgIpc) is 2.94. The Morgan fingerprint density at radius 2 is 2.17 bits per heavy atom. The first kappa shape index (κ1) is 19.7. The number of hydrogen-bond acceptors (Lipinski definition) is 5. The summed E-state index contributed by atoms with van der Waals surface area (Å²) in [7, 11) is 1.66. The van der Waals surface area contributed by atoms with Crippen molar-refractivity contribution in [3.63, 3.8) is 0 Å². The van der Waals surface area contributed by atoms with Crippen LogP contribution in [-0.4, -0.2) is 53.5 Å². The smallest absolute Gasteiger partial charge is 0.219 e. The number of ether oxygens (including phenoxy) is 2. The highest BCUT2D eigenvalue weighted by Gasteiger charge is 2.33. The van der Waals surface area contributed by atoms with Gasteiger partial charge in [0.05, 0.1) is 19.3 Å². The molecule has 0 N–H and O–H groups in total. The Balaban J connectivity index is 1.51. The highest BCUT2D eigenvalue weighted by molar-refractivity contribution is 5.73. The van der Waals surface area contributed by atoms with E-state index in [9.17, 15) is 4.79 Å². The van der Waals surface area contributed by atoms with Crippen LogP contribution in [-0.2, 0) is 17.9 Å². The number of aromatic nitrogens is 1. The maximum atomic E-state index is 12.3. The van der Waals surface area contributed by atoms with E-state index in [4.69, 9.17) is 9.47 Å². The number of pyridine rings is 1. The van der Waals surface area contributed by atoms with Gasteiger partial charge < -0.3 is 14.4 Å². The van der Waals surface area contributed by atoms with Gasteiger partial charge in [0, 0.05) is 44.2 Å². The van der Waals surface area contributed by atoms with Crippen molar-refractivity contribution in [2.24, 2.45) is 5.92 Å². The lowest BCUT2D eigenvalue weighted by Crippen LogP contribution is -2.46. The van der Waals surface area contributed by atoms with Crippen molar-refractivity contribution >= 4 is 5.91 Å². The second-order valence-corrected chi connectivity index (χ2v) is 7.99. The number of fused-ring (bicyclic) bond motifs is 1. The molecular weight excluding hydrogens is 366 g/mol. The van der Waals surface area contributed by atoms with Crippen LogP contribution in [0, 0.1) is 5.92 Å². The van der Waals surface area contributed by atoms with Gasteiger partial charge in [-0.15, -0.1) is 0 Å². The molecule has 2 aliphatic rings. The zero-order valence-electron chi connectivity index (χ0n) is 17.2. The summed E-state index contributed by atoms with van der Waals surface area (Å²) in [5, 5.41) is 0. The van der Waals surface area contributed by atoms with Gasteiger partial charge in [0.2, 0.25) is 5.91 Å². The molecule has 1 aromatic carbocycles. The van der Waals surface area contributed by atoms with Crippen molar-refractivity contribution in [1.82, 2.24) is 14.8 Å². The molecule has 1 saturated heterocycles. The number of likely N-dealkylation sites (tertiary alicyclic amines) is 1. The first-order valence-corrected chi connectivity index (χ1v) is 10.3. The van der Waals surface area contributed by atoms with Gasteiger partial charge in [0.1, 0.15) is 17.6 Å². The van der Waals surface area contributed by atoms with Crippen LogP contribution in [0.1, 0.15) is 31.0 Å². The van der Waals surface area contributed by atoms with E-state index in [1.165, 1.54) is 0 Å². The standard InChI is InChI=1S/C23H29N3O3/c1-17(27)26-14-19-12-21(28-2)8-9-22(19)29-23(16-26)18-6-5-11-25(13-18)15-20-7-3-4-10-24-20/h3-4,7-10,12,18,23H,5-6,11,13-16H2,1-2H3/t18-,23-/m1/s1. The van der Waals surface area contributed by atoms with E-state index in [-0.39, 0.29) is 12.0 Å². The maximum Gasteiger partial charge on any atom is 0.219 e. The van der Waals surface area contributed by atoms with Gasteiger partial charge in [0.15, 0.2) is 0 Å². The molecule has 6 heteroatoms. The summed E-state index contributed by atoms with van der Waals surface area (Å²) < 4.78 is 11.8. The third-order valence-electron chi connectivity index (χ3n) is 5.93. The molecule has 4 rings (SSSR count). The molecule has 6 nitrogen and oxygen atoms in total. The van der Waals surface area contributed by atoms with Crippen LogP contribution in [0.3, 0.4) is 0 Å². The molecule has 2 atom stereocenters. The van der Waals surface area contributed by atoms with E-state index in [2.05, 4.69) is 16.0 Å². The lowest BCUT2D eigenvalue weighted by atomic mass is 9.91. The van der Waals surface area contributed by atoms with Gasteiger partial charge in [-0.25, -0.2) is 0 Å². The van der Waals surface area contributed by atoms with Gasteiger partial charge in [-0.1, -0.05) is 6.07 Å². The van der Waals surface area contributed by atoms with Gasteiger partial charge in [0.25, 0.3) is 0 Å². The van der Waals surface area contributed by atoms with Crippen molar-refractivity contribution in [3.05, 3.63) is 53.9 Å². The molecule has 29 heavy (non-hydrogen) atoms. The Labute approximate surface area is 172 Å². The van der Waals surface area contributed by atoms with Crippen LogP contribution in [0.25, 0.3) is 0 Å². The molecule has 2 aliphatic heterocycles. The summed E-state index contributed by atoms with van der Waals surface area (Å²) >= 11 is 0. The molecule has 0 bridgehead atoms. The molecule has 0 spiro atoms. The van der Waals surface area contributed by atoms with E-state index < -0.39 is 0 Å². The van der Waals surface area contributed by atoms with Crippen molar-refractivity contribution in [2.45, 2.75) is 39.0 Å². The van der Waals surface area contributed by atoms with Gasteiger partial charge >= 0.3 is 0 Å². The first-order valence-electron chi connectivity index (χ1n) is 10.3. The highest BCUT2D eigenvalue weighted by Crippen LogP contribution is 2.33. The Morgan fingerprint density at radius 3 is 2.93 bits per heavy atom. The molecule has 0 saturated carbocycles. The fraction of sp³-hybridized carbons (Fsp3) is 0.478. The second kappa shape index (κ2) is 8.82. The molecule has 1 fully saturated rings. The summed E-state index contributed by atoms with van der Waals surface area (Å²) in [5.41, 5.74) is 2.10. The van der Waals surface area contributed by atoms with Crippen molar-refractivity contribution in [2.75, 3.05) is 26.7 Å². The molecule has 1 aromatic heterocycles. The predicted molar refractivity (Wildman–Crippen MR) is 111 cm³/mol. The van der Waals surface area contributed by atoms with E-state index in [1.807, 2.05) is 41.4 Å². The van der Waals surface area contributed by atoms with Crippen molar-refractivity contribution in [3.8, 4) is 11.5 Å². The van der Waals surface area contributed by atoms with Crippen LogP contribution >= 0.6 is 0 Å². The number of rotatable bonds is 4. The third-order valence-corrected chi connectivity index (χ3v) is 5.93. The van der Waals surface area contributed by atoms with Crippen LogP contribution in [0.4, 0.5) is 0 Å². The summed E-state index contributed by atoms with van der Waals surface area (Å²) in [6.07, 6.45) is 4.08. The predicted octanol–water partition coefficient (Wildman–Crippen LogP) is 3.11. The van der Waals surface area contributed by atoms with E-state index in [0.717, 1.165) is 55.2 Å². The average molecular weight is 396 g/mol. The second-order valence-electron chi connectivity index (χ2n) is 7.99. The number of benzene rings is 1. The molecule has 0 radical (unpaired) electrons. The molecular formula is C23H29N3O3.